The average Bonchev–Trinajstić information content (AvgIpc) is 2.67. The minimum Gasteiger partial charge on any atom is -0.482 e. The van der Waals surface area contributed by atoms with Gasteiger partial charge in [-0.25, -0.2) is 4.39 Å². The first-order chi connectivity index (χ1) is 13.0. The van der Waals surface area contributed by atoms with E-state index in [0.29, 0.717) is 22.8 Å². The molecule has 0 aliphatic carbocycles. The molecule has 6 nitrogen and oxygen atoms in total. The van der Waals surface area contributed by atoms with Crippen LogP contribution in [-0.2, 0) is 20.1 Å². The Balaban J connectivity index is 1.44. The van der Waals surface area contributed by atoms with Crippen molar-refractivity contribution in [1.29, 1.82) is 0 Å². The molecule has 0 unspecified atom stereocenters. The monoisotopic (exact) mass is 389 g/mol. The van der Waals surface area contributed by atoms with Crippen LogP contribution in [0.15, 0.2) is 42.5 Å². The molecule has 1 amide bonds. The maximum atomic E-state index is 12.8. The van der Waals surface area contributed by atoms with Gasteiger partial charge in [-0.15, -0.1) is 11.8 Å². The maximum Gasteiger partial charge on any atom is 0.316 e. The van der Waals surface area contributed by atoms with E-state index in [9.17, 15) is 18.8 Å². The molecule has 0 saturated carbocycles. The summed E-state index contributed by atoms with van der Waals surface area (Å²) in [5.41, 5.74) is 1.62. The largest absolute Gasteiger partial charge is 0.482 e. The molecule has 0 radical (unpaired) electrons. The molecule has 2 aromatic carbocycles. The summed E-state index contributed by atoms with van der Waals surface area (Å²) in [4.78, 5) is 35.3. The van der Waals surface area contributed by atoms with E-state index >= 15 is 0 Å². The standard InChI is InChI=1S/C19H16FNO5S/c20-14-4-1-12(2-5-14)10-27-11-19(24)26-8-16(22)13-3-6-17-15(7-13)21-18(23)9-25-17/h1-7H,8-11H2,(H,21,23). The molecular formula is C19H16FNO5S. The number of rotatable bonds is 7. The zero-order valence-corrected chi connectivity index (χ0v) is 15.0. The number of thioether (sulfide) groups is 1. The number of benzene rings is 2. The van der Waals surface area contributed by atoms with Crippen LogP contribution in [0.2, 0.25) is 0 Å². The number of carbonyl (C=O) groups excluding carboxylic acids is 3. The van der Waals surface area contributed by atoms with Crippen LogP contribution in [0, 0.1) is 5.82 Å². The number of fused-ring (bicyclic) bond motifs is 1. The number of amides is 1. The molecule has 8 heteroatoms. The van der Waals surface area contributed by atoms with E-state index in [-0.39, 0.29) is 36.5 Å². The van der Waals surface area contributed by atoms with Crippen molar-refractivity contribution >= 4 is 35.1 Å². The molecule has 0 aromatic heterocycles. The van der Waals surface area contributed by atoms with Gasteiger partial charge in [-0.2, -0.15) is 0 Å². The van der Waals surface area contributed by atoms with Gasteiger partial charge in [-0.05, 0) is 35.9 Å². The Kier molecular flexibility index (Phi) is 6.08. The van der Waals surface area contributed by atoms with Crippen LogP contribution in [-0.4, -0.2) is 36.6 Å². The van der Waals surface area contributed by atoms with Gasteiger partial charge in [0.2, 0.25) is 0 Å². The van der Waals surface area contributed by atoms with Gasteiger partial charge in [0.25, 0.3) is 5.91 Å². The number of ether oxygens (including phenoxy) is 2. The number of carbonyl (C=O) groups is 3. The number of ketones is 1. The molecule has 0 saturated heterocycles. The molecule has 0 fully saturated rings. The van der Waals surface area contributed by atoms with Crippen molar-refractivity contribution in [3.8, 4) is 5.75 Å². The van der Waals surface area contributed by atoms with E-state index in [1.54, 1.807) is 24.3 Å². The number of esters is 1. The fourth-order valence-electron chi connectivity index (χ4n) is 2.36. The van der Waals surface area contributed by atoms with Crippen LogP contribution in [0.4, 0.5) is 10.1 Å². The van der Waals surface area contributed by atoms with Gasteiger partial charge in [0.15, 0.2) is 19.0 Å². The Labute approximate surface area is 159 Å². The highest BCUT2D eigenvalue weighted by atomic mass is 32.2. The fourth-order valence-corrected chi connectivity index (χ4v) is 3.14. The molecule has 1 aliphatic heterocycles. The summed E-state index contributed by atoms with van der Waals surface area (Å²) < 4.78 is 23.0. The van der Waals surface area contributed by atoms with E-state index in [4.69, 9.17) is 9.47 Å². The summed E-state index contributed by atoms with van der Waals surface area (Å²) in [5.74, 6) is -0.390. The molecule has 3 rings (SSSR count). The molecule has 0 bridgehead atoms. The van der Waals surface area contributed by atoms with Gasteiger partial charge in [0.1, 0.15) is 11.6 Å². The van der Waals surface area contributed by atoms with Crippen molar-refractivity contribution in [3.63, 3.8) is 0 Å². The highest BCUT2D eigenvalue weighted by Crippen LogP contribution is 2.28. The van der Waals surface area contributed by atoms with E-state index in [0.717, 1.165) is 5.56 Å². The highest BCUT2D eigenvalue weighted by Gasteiger charge is 2.18. The third-order valence-electron chi connectivity index (χ3n) is 3.70. The van der Waals surface area contributed by atoms with Gasteiger partial charge in [-0.3, -0.25) is 14.4 Å². The minimum absolute atomic E-state index is 0.0620. The topological polar surface area (TPSA) is 81.7 Å². The second-order valence-corrected chi connectivity index (χ2v) is 6.74. The number of anilines is 1. The molecule has 0 spiro atoms. The van der Waals surface area contributed by atoms with Crippen LogP contribution in [0.25, 0.3) is 0 Å². The summed E-state index contributed by atoms with van der Waals surface area (Å²) in [6.45, 7) is -0.447. The zero-order chi connectivity index (χ0) is 19.2. The molecule has 140 valence electrons. The van der Waals surface area contributed by atoms with Crippen LogP contribution in [0.5, 0.6) is 5.75 Å². The zero-order valence-electron chi connectivity index (χ0n) is 14.2. The van der Waals surface area contributed by atoms with E-state index in [1.165, 1.54) is 30.0 Å². The summed E-state index contributed by atoms with van der Waals surface area (Å²) in [7, 11) is 0. The number of nitrogens with one attached hydrogen (secondary N) is 1. The molecular weight excluding hydrogens is 373 g/mol. The molecule has 1 N–H and O–H groups in total. The summed E-state index contributed by atoms with van der Waals surface area (Å²) >= 11 is 1.31. The smallest absolute Gasteiger partial charge is 0.316 e. The number of Topliss-reactive ketones (excluding diaryl/α,β-unsaturated/α-hetero) is 1. The Morgan fingerprint density at radius 3 is 2.74 bits per heavy atom. The lowest BCUT2D eigenvalue weighted by Crippen LogP contribution is -2.25. The Morgan fingerprint density at radius 2 is 1.96 bits per heavy atom. The van der Waals surface area contributed by atoms with Gasteiger partial charge in [-0.1, -0.05) is 12.1 Å². The third kappa shape index (κ3) is 5.30. The second-order valence-electron chi connectivity index (χ2n) is 5.75. The van der Waals surface area contributed by atoms with Crippen LogP contribution < -0.4 is 10.1 Å². The van der Waals surface area contributed by atoms with Crippen LogP contribution in [0.3, 0.4) is 0 Å². The first-order valence-electron chi connectivity index (χ1n) is 8.09. The molecule has 2 aromatic rings. The summed E-state index contributed by atoms with van der Waals surface area (Å²) in [5, 5.41) is 2.62. The van der Waals surface area contributed by atoms with Crippen molar-refractivity contribution in [2.24, 2.45) is 0 Å². The molecule has 1 aliphatic rings. The predicted octanol–water partition coefficient (Wildman–Crippen LogP) is 2.82. The van der Waals surface area contributed by atoms with E-state index < -0.39 is 5.97 Å². The van der Waals surface area contributed by atoms with Gasteiger partial charge < -0.3 is 14.8 Å². The highest BCUT2D eigenvalue weighted by molar-refractivity contribution is 7.99. The molecule has 27 heavy (non-hydrogen) atoms. The average molecular weight is 389 g/mol. The van der Waals surface area contributed by atoms with Gasteiger partial charge in [0, 0.05) is 11.3 Å². The minimum atomic E-state index is -0.509. The second kappa shape index (κ2) is 8.68. The summed E-state index contributed by atoms with van der Waals surface area (Å²) in [6.07, 6.45) is 0. The quantitative estimate of drug-likeness (QED) is 0.579. The van der Waals surface area contributed by atoms with Crippen LogP contribution >= 0.6 is 11.8 Å². The van der Waals surface area contributed by atoms with Crippen molar-refractivity contribution in [3.05, 3.63) is 59.4 Å². The Hall–Kier alpha value is -2.87. The van der Waals surface area contributed by atoms with Gasteiger partial charge in [0.05, 0.1) is 11.4 Å². The SMILES string of the molecule is O=C1COc2ccc(C(=O)COC(=O)CSCc3ccc(F)cc3)cc2N1. The van der Waals surface area contributed by atoms with Crippen molar-refractivity contribution in [1.82, 2.24) is 0 Å². The van der Waals surface area contributed by atoms with Crippen molar-refractivity contribution < 1.29 is 28.2 Å². The van der Waals surface area contributed by atoms with Crippen molar-refractivity contribution in [2.75, 3.05) is 24.3 Å². The Morgan fingerprint density at radius 1 is 1.19 bits per heavy atom. The number of halogens is 1. The van der Waals surface area contributed by atoms with Crippen LogP contribution in [0.1, 0.15) is 15.9 Å². The van der Waals surface area contributed by atoms with E-state index in [2.05, 4.69) is 5.32 Å². The number of hydrogen-bond acceptors (Lipinski definition) is 6. The summed E-state index contributed by atoms with van der Waals surface area (Å²) in [6, 6.07) is 10.6. The van der Waals surface area contributed by atoms with E-state index in [1.807, 2.05) is 0 Å². The fraction of sp³-hybridized carbons (Fsp3) is 0.211. The molecule has 1 heterocycles. The lowest BCUT2D eigenvalue weighted by Gasteiger charge is -2.18. The van der Waals surface area contributed by atoms with Gasteiger partial charge >= 0.3 is 5.97 Å². The lowest BCUT2D eigenvalue weighted by atomic mass is 10.1. The predicted molar refractivity (Wildman–Crippen MR) is 98.4 cm³/mol. The lowest BCUT2D eigenvalue weighted by molar-refractivity contribution is -0.139. The maximum absolute atomic E-state index is 12.8. The molecule has 0 atom stereocenters. The normalized spacial score (nSPS) is 12.6. The van der Waals surface area contributed by atoms with Crippen molar-refractivity contribution in [2.45, 2.75) is 5.75 Å². The first-order valence-corrected chi connectivity index (χ1v) is 9.24. The third-order valence-corrected chi connectivity index (χ3v) is 4.68. The Bertz CT molecular complexity index is 869. The number of hydrogen-bond donors (Lipinski definition) is 1. The first kappa shape index (κ1) is 18.9.